The summed E-state index contributed by atoms with van der Waals surface area (Å²) in [5.74, 6) is 0. The third kappa shape index (κ3) is 4.43. The highest BCUT2D eigenvalue weighted by Crippen LogP contribution is 2.44. The Kier molecular flexibility index (Phi) is 6.60. The zero-order chi connectivity index (χ0) is 37.9. The van der Waals surface area contributed by atoms with Crippen LogP contribution in [0.1, 0.15) is 0 Å². The topological polar surface area (TPSA) is 14.8 Å². The van der Waals surface area contributed by atoms with Gasteiger partial charge in [0.05, 0.1) is 33.1 Å². The summed E-state index contributed by atoms with van der Waals surface area (Å²) in [6.45, 7) is 0. The summed E-state index contributed by atoms with van der Waals surface area (Å²) in [5, 5.41) is 10.1. The van der Waals surface area contributed by atoms with Gasteiger partial charge in [-0.1, -0.05) is 115 Å². The van der Waals surface area contributed by atoms with Gasteiger partial charge >= 0.3 is 0 Å². The Morgan fingerprint density at radius 3 is 1.31 bits per heavy atom. The van der Waals surface area contributed by atoms with Gasteiger partial charge in [-0.05, 0) is 96.1 Å². The molecule has 0 N–H and O–H groups in total. The lowest BCUT2D eigenvalue weighted by Crippen LogP contribution is -1.98. The molecule has 13 rings (SSSR count). The molecule has 0 amide bonds. The molecule has 0 atom stereocenters. The molecule has 270 valence electrons. The van der Waals surface area contributed by atoms with Crippen molar-refractivity contribution in [1.82, 2.24) is 13.7 Å². The van der Waals surface area contributed by atoms with Crippen LogP contribution in [0.25, 0.3) is 114 Å². The fraction of sp³-hybridized carbons (Fsp3) is 0. The summed E-state index contributed by atoms with van der Waals surface area (Å²) in [6, 6.07) is 73.7. The fourth-order valence-corrected chi connectivity index (χ4v) is 10.8. The monoisotopic (exact) mass is 755 g/mol. The number of rotatable bonds is 4. The fourth-order valence-electron chi connectivity index (χ4n) is 9.71. The predicted octanol–water partition coefficient (Wildman–Crippen LogP) is 15.0. The molecule has 0 spiro atoms. The molecule has 0 saturated carbocycles. The Morgan fingerprint density at radius 2 is 0.690 bits per heavy atom. The molecule has 0 bridgehead atoms. The summed E-state index contributed by atoms with van der Waals surface area (Å²) < 4.78 is 9.94. The van der Waals surface area contributed by atoms with Gasteiger partial charge in [-0.25, -0.2) is 0 Å². The standard InChI is InChI=1S/C54H33N3S/c1-3-13-36(14-4-1)55-47-20-10-9-19-41(47)44-31-34(23-28-50(44)55)35-24-29-51-45(32-35)46-33-38(25-30-52(46)58-51)57-49-22-12-8-18-40(49)43-27-26-42-39-17-7-11-21-48(39)56(53(42)54(43)57)37-15-5-2-6-16-37/h1-33H. The minimum atomic E-state index is 1.16. The van der Waals surface area contributed by atoms with Crippen molar-refractivity contribution < 1.29 is 0 Å². The van der Waals surface area contributed by atoms with E-state index in [4.69, 9.17) is 0 Å². The van der Waals surface area contributed by atoms with Crippen LogP contribution in [0.15, 0.2) is 200 Å². The maximum absolute atomic E-state index is 2.51. The second-order valence-corrected chi connectivity index (χ2v) is 16.4. The molecule has 4 aromatic heterocycles. The van der Waals surface area contributed by atoms with Crippen molar-refractivity contribution in [2.45, 2.75) is 0 Å². The van der Waals surface area contributed by atoms with Crippen LogP contribution >= 0.6 is 11.3 Å². The van der Waals surface area contributed by atoms with Crippen molar-refractivity contribution in [2.75, 3.05) is 0 Å². The Morgan fingerprint density at radius 1 is 0.259 bits per heavy atom. The first-order valence-corrected chi connectivity index (χ1v) is 20.7. The van der Waals surface area contributed by atoms with E-state index in [0.717, 1.165) is 11.4 Å². The molecule has 4 heteroatoms. The number of hydrogen-bond acceptors (Lipinski definition) is 1. The Balaban J connectivity index is 1.04. The van der Waals surface area contributed by atoms with E-state index < -0.39 is 0 Å². The highest BCUT2D eigenvalue weighted by atomic mass is 32.1. The van der Waals surface area contributed by atoms with Gasteiger partial charge in [0.25, 0.3) is 0 Å². The molecule has 0 fully saturated rings. The van der Waals surface area contributed by atoms with Gasteiger partial charge in [0.15, 0.2) is 0 Å². The molecule has 9 aromatic carbocycles. The van der Waals surface area contributed by atoms with Crippen molar-refractivity contribution in [3.8, 4) is 28.2 Å². The molecule has 4 heterocycles. The molecule has 0 aliphatic carbocycles. The molecular formula is C54H33N3S. The van der Waals surface area contributed by atoms with Crippen LogP contribution in [0.2, 0.25) is 0 Å². The Hall–Kier alpha value is -7.40. The van der Waals surface area contributed by atoms with Crippen molar-refractivity contribution in [3.63, 3.8) is 0 Å². The van der Waals surface area contributed by atoms with Gasteiger partial charge in [-0.15, -0.1) is 11.3 Å². The van der Waals surface area contributed by atoms with E-state index in [2.05, 4.69) is 214 Å². The minimum absolute atomic E-state index is 1.16. The van der Waals surface area contributed by atoms with Crippen LogP contribution in [-0.4, -0.2) is 13.7 Å². The number of aromatic nitrogens is 3. The minimum Gasteiger partial charge on any atom is -0.309 e. The van der Waals surface area contributed by atoms with E-state index in [-0.39, 0.29) is 0 Å². The van der Waals surface area contributed by atoms with Crippen LogP contribution in [0.5, 0.6) is 0 Å². The van der Waals surface area contributed by atoms with Crippen LogP contribution in [0.4, 0.5) is 0 Å². The third-order valence-electron chi connectivity index (χ3n) is 12.2. The Bertz CT molecular complexity index is 3790. The second kappa shape index (κ2) is 12.1. The van der Waals surface area contributed by atoms with E-state index in [1.807, 2.05) is 11.3 Å². The lowest BCUT2D eigenvalue weighted by atomic mass is 10.0. The number of thiophene rings is 1. The van der Waals surface area contributed by atoms with E-state index in [1.165, 1.54) is 102 Å². The van der Waals surface area contributed by atoms with Gasteiger partial charge in [0, 0.05) is 69.6 Å². The number of benzene rings is 9. The average molecular weight is 756 g/mol. The summed E-state index contributed by atoms with van der Waals surface area (Å²) in [4.78, 5) is 0. The summed E-state index contributed by atoms with van der Waals surface area (Å²) in [7, 11) is 0. The Labute approximate surface area is 337 Å². The predicted molar refractivity (Wildman–Crippen MR) is 248 cm³/mol. The summed E-state index contributed by atoms with van der Waals surface area (Å²) in [5.41, 5.74) is 13.2. The number of para-hydroxylation sites is 5. The van der Waals surface area contributed by atoms with E-state index in [0.29, 0.717) is 0 Å². The largest absolute Gasteiger partial charge is 0.309 e. The highest BCUT2D eigenvalue weighted by Gasteiger charge is 2.22. The van der Waals surface area contributed by atoms with Gasteiger partial charge in [0.1, 0.15) is 0 Å². The second-order valence-electron chi connectivity index (χ2n) is 15.3. The van der Waals surface area contributed by atoms with E-state index >= 15 is 0 Å². The van der Waals surface area contributed by atoms with Crippen LogP contribution in [0, 0.1) is 0 Å². The number of nitrogens with zero attached hydrogens (tertiary/aromatic N) is 3. The van der Waals surface area contributed by atoms with Crippen molar-refractivity contribution in [1.29, 1.82) is 0 Å². The van der Waals surface area contributed by atoms with Crippen molar-refractivity contribution in [2.24, 2.45) is 0 Å². The molecule has 0 radical (unpaired) electrons. The molecule has 58 heavy (non-hydrogen) atoms. The maximum atomic E-state index is 2.51. The molecule has 0 unspecified atom stereocenters. The van der Waals surface area contributed by atoms with Gasteiger partial charge in [-0.2, -0.15) is 0 Å². The van der Waals surface area contributed by atoms with Gasteiger partial charge in [0.2, 0.25) is 0 Å². The normalized spacial score (nSPS) is 12.1. The number of fused-ring (bicyclic) bond motifs is 13. The van der Waals surface area contributed by atoms with Crippen LogP contribution < -0.4 is 0 Å². The third-order valence-corrected chi connectivity index (χ3v) is 13.4. The summed E-state index contributed by atoms with van der Waals surface area (Å²) >= 11 is 1.87. The van der Waals surface area contributed by atoms with Gasteiger partial charge < -0.3 is 13.7 Å². The first-order valence-electron chi connectivity index (χ1n) is 19.8. The lowest BCUT2D eigenvalue weighted by Gasteiger charge is -2.13. The SMILES string of the molecule is c1ccc(-n2c3ccccc3c3cc(-c4ccc5sc6ccc(-n7c8ccccc8c8ccc9c%10ccccc%10n(-c%10ccccc%10)c9c87)cc6c5c4)ccc32)cc1. The first-order chi connectivity index (χ1) is 28.8. The summed E-state index contributed by atoms with van der Waals surface area (Å²) in [6.07, 6.45) is 0. The van der Waals surface area contributed by atoms with Crippen molar-refractivity contribution >= 4 is 96.9 Å². The quantitative estimate of drug-likeness (QED) is 0.170. The zero-order valence-corrected chi connectivity index (χ0v) is 32.1. The molecular weight excluding hydrogens is 723 g/mol. The first kappa shape index (κ1) is 31.8. The lowest BCUT2D eigenvalue weighted by molar-refractivity contribution is 1.15. The highest BCUT2D eigenvalue weighted by molar-refractivity contribution is 7.25. The molecule has 3 nitrogen and oxygen atoms in total. The molecule has 0 aliphatic heterocycles. The molecule has 0 aliphatic rings. The van der Waals surface area contributed by atoms with E-state index in [1.54, 1.807) is 0 Å². The zero-order valence-electron chi connectivity index (χ0n) is 31.3. The van der Waals surface area contributed by atoms with Crippen LogP contribution in [0.3, 0.4) is 0 Å². The molecule has 0 saturated heterocycles. The molecule has 13 aromatic rings. The van der Waals surface area contributed by atoms with Crippen LogP contribution in [-0.2, 0) is 0 Å². The van der Waals surface area contributed by atoms with Gasteiger partial charge in [-0.3, -0.25) is 0 Å². The van der Waals surface area contributed by atoms with E-state index in [9.17, 15) is 0 Å². The average Bonchev–Trinajstić information content (AvgIpc) is 4.02. The maximum Gasteiger partial charge on any atom is 0.0788 e. The smallest absolute Gasteiger partial charge is 0.0788 e. The number of hydrogen-bond donors (Lipinski definition) is 0. The van der Waals surface area contributed by atoms with Crippen molar-refractivity contribution in [3.05, 3.63) is 200 Å².